The van der Waals surface area contributed by atoms with Crippen molar-refractivity contribution in [3.05, 3.63) is 29.3 Å². The standard InChI is InChI=1S/C12H15NO2S/c1-8-9-4-3-5-11(16-2)10(9)6-7-13(8)12(14)15/h3-5,8H,6-7H2,1-2H3,(H,14,15)/t8-/m0/s1. The van der Waals surface area contributed by atoms with Crippen LogP contribution in [0, 0.1) is 0 Å². The molecule has 0 radical (unpaired) electrons. The fourth-order valence-corrected chi connectivity index (χ4v) is 2.97. The molecule has 0 aliphatic carbocycles. The normalized spacial score (nSPS) is 19.4. The van der Waals surface area contributed by atoms with Crippen LogP contribution in [-0.2, 0) is 6.42 Å². The number of nitrogens with zero attached hydrogens (tertiary/aromatic N) is 1. The lowest BCUT2D eigenvalue weighted by Crippen LogP contribution is -2.38. The lowest BCUT2D eigenvalue weighted by molar-refractivity contribution is 0.124. The Morgan fingerprint density at radius 3 is 2.94 bits per heavy atom. The van der Waals surface area contributed by atoms with Crippen molar-refractivity contribution in [3.8, 4) is 0 Å². The van der Waals surface area contributed by atoms with Gasteiger partial charge in [0.05, 0.1) is 6.04 Å². The van der Waals surface area contributed by atoms with Crippen molar-refractivity contribution in [3.63, 3.8) is 0 Å². The zero-order valence-electron chi connectivity index (χ0n) is 9.43. The number of carboxylic acid groups (broad SMARTS) is 1. The van der Waals surface area contributed by atoms with Crippen LogP contribution in [0.4, 0.5) is 4.79 Å². The molecule has 1 aliphatic heterocycles. The minimum Gasteiger partial charge on any atom is -0.465 e. The minimum absolute atomic E-state index is 0.0339. The molecule has 1 aromatic carbocycles. The number of rotatable bonds is 1. The highest BCUT2D eigenvalue weighted by atomic mass is 32.2. The van der Waals surface area contributed by atoms with E-state index in [2.05, 4.69) is 12.3 Å². The van der Waals surface area contributed by atoms with Gasteiger partial charge >= 0.3 is 6.09 Å². The third-order valence-corrected chi connectivity index (χ3v) is 3.98. The first-order valence-corrected chi connectivity index (χ1v) is 6.53. The molecule has 2 rings (SSSR count). The van der Waals surface area contributed by atoms with Crippen LogP contribution in [0.1, 0.15) is 24.1 Å². The van der Waals surface area contributed by atoms with Crippen LogP contribution >= 0.6 is 11.8 Å². The Labute approximate surface area is 99.5 Å². The summed E-state index contributed by atoms with van der Waals surface area (Å²) in [6.07, 6.45) is 2.06. The average molecular weight is 237 g/mol. The topological polar surface area (TPSA) is 40.5 Å². The van der Waals surface area contributed by atoms with E-state index < -0.39 is 6.09 Å². The molecular weight excluding hydrogens is 222 g/mol. The summed E-state index contributed by atoms with van der Waals surface area (Å²) in [7, 11) is 0. The summed E-state index contributed by atoms with van der Waals surface area (Å²) in [4.78, 5) is 13.8. The maximum absolute atomic E-state index is 11.0. The summed E-state index contributed by atoms with van der Waals surface area (Å²) in [5.41, 5.74) is 2.47. The predicted molar refractivity (Wildman–Crippen MR) is 65.1 cm³/mol. The van der Waals surface area contributed by atoms with Crippen LogP contribution in [0.25, 0.3) is 0 Å². The molecule has 1 heterocycles. The molecule has 16 heavy (non-hydrogen) atoms. The molecule has 86 valence electrons. The Balaban J connectivity index is 2.42. The van der Waals surface area contributed by atoms with Crippen molar-refractivity contribution in [1.82, 2.24) is 4.90 Å². The maximum atomic E-state index is 11.0. The van der Waals surface area contributed by atoms with Crippen LogP contribution in [-0.4, -0.2) is 28.9 Å². The number of benzene rings is 1. The first-order chi connectivity index (χ1) is 7.65. The van der Waals surface area contributed by atoms with E-state index in [9.17, 15) is 4.79 Å². The monoisotopic (exact) mass is 237 g/mol. The molecule has 3 nitrogen and oxygen atoms in total. The second-order valence-electron chi connectivity index (χ2n) is 3.93. The quantitative estimate of drug-likeness (QED) is 0.763. The van der Waals surface area contributed by atoms with E-state index in [1.807, 2.05) is 19.1 Å². The number of hydrogen-bond acceptors (Lipinski definition) is 2. The van der Waals surface area contributed by atoms with Gasteiger partial charge in [-0.05, 0) is 36.8 Å². The van der Waals surface area contributed by atoms with Crippen molar-refractivity contribution in [2.24, 2.45) is 0 Å². The minimum atomic E-state index is -0.826. The number of thioether (sulfide) groups is 1. The Kier molecular flexibility index (Phi) is 3.10. The molecule has 1 amide bonds. The lowest BCUT2D eigenvalue weighted by atomic mass is 9.94. The zero-order valence-corrected chi connectivity index (χ0v) is 10.3. The first-order valence-electron chi connectivity index (χ1n) is 5.30. The molecule has 4 heteroatoms. The third-order valence-electron chi connectivity index (χ3n) is 3.16. The largest absolute Gasteiger partial charge is 0.465 e. The van der Waals surface area contributed by atoms with Crippen molar-refractivity contribution in [2.75, 3.05) is 12.8 Å². The fraction of sp³-hybridized carbons (Fsp3) is 0.417. The third kappa shape index (κ3) is 1.78. The highest BCUT2D eigenvalue weighted by Gasteiger charge is 2.28. The molecule has 1 N–H and O–H groups in total. The number of hydrogen-bond donors (Lipinski definition) is 1. The summed E-state index contributed by atoms with van der Waals surface area (Å²) in [5.74, 6) is 0. The SMILES string of the molecule is CSc1cccc2c1CCN(C(=O)O)[C@H]2C. The van der Waals surface area contributed by atoms with Gasteiger partial charge in [0.25, 0.3) is 0 Å². The fourth-order valence-electron chi connectivity index (χ4n) is 2.29. The van der Waals surface area contributed by atoms with Gasteiger partial charge in [-0.3, -0.25) is 0 Å². The van der Waals surface area contributed by atoms with Gasteiger partial charge in [-0.1, -0.05) is 12.1 Å². The number of amides is 1. The summed E-state index contributed by atoms with van der Waals surface area (Å²) in [6, 6.07) is 6.11. The maximum Gasteiger partial charge on any atom is 0.407 e. The molecule has 0 spiro atoms. The highest BCUT2D eigenvalue weighted by molar-refractivity contribution is 7.98. The lowest BCUT2D eigenvalue weighted by Gasteiger charge is -2.33. The van der Waals surface area contributed by atoms with Gasteiger partial charge in [0.15, 0.2) is 0 Å². The Morgan fingerprint density at radius 2 is 2.31 bits per heavy atom. The molecule has 0 fully saturated rings. The summed E-state index contributed by atoms with van der Waals surface area (Å²) >= 11 is 1.73. The summed E-state index contributed by atoms with van der Waals surface area (Å²) in [6.45, 7) is 2.55. The van der Waals surface area contributed by atoms with Crippen LogP contribution < -0.4 is 0 Å². The van der Waals surface area contributed by atoms with Gasteiger partial charge in [-0.15, -0.1) is 11.8 Å². The molecule has 0 saturated heterocycles. The first kappa shape index (κ1) is 11.3. The van der Waals surface area contributed by atoms with Crippen LogP contribution in [0.15, 0.2) is 23.1 Å². The van der Waals surface area contributed by atoms with Crippen LogP contribution in [0.5, 0.6) is 0 Å². The zero-order chi connectivity index (χ0) is 11.7. The van der Waals surface area contributed by atoms with Crippen LogP contribution in [0.3, 0.4) is 0 Å². The second kappa shape index (κ2) is 4.37. The van der Waals surface area contributed by atoms with E-state index in [-0.39, 0.29) is 6.04 Å². The number of carbonyl (C=O) groups is 1. The average Bonchev–Trinajstić information content (AvgIpc) is 2.28. The predicted octanol–water partition coefficient (Wildman–Crippen LogP) is 3.01. The van der Waals surface area contributed by atoms with Crippen molar-refractivity contribution >= 4 is 17.9 Å². The van der Waals surface area contributed by atoms with E-state index >= 15 is 0 Å². The van der Waals surface area contributed by atoms with Gasteiger partial charge in [-0.25, -0.2) is 4.79 Å². The summed E-state index contributed by atoms with van der Waals surface area (Å²) < 4.78 is 0. The Hall–Kier alpha value is -1.16. The molecule has 0 aromatic heterocycles. The second-order valence-corrected chi connectivity index (χ2v) is 4.78. The molecular formula is C12H15NO2S. The van der Waals surface area contributed by atoms with Gasteiger partial charge in [0, 0.05) is 11.4 Å². The molecule has 1 aromatic rings. The van der Waals surface area contributed by atoms with E-state index in [4.69, 9.17) is 5.11 Å². The van der Waals surface area contributed by atoms with Crippen LogP contribution in [0.2, 0.25) is 0 Å². The van der Waals surface area contributed by atoms with Crippen molar-refractivity contribution in [1.29, 1.82) is 0 Å². The Bertz CT molecular complexity index is 419. The van der Waals surface area contributed by atoms with E-state index in [0.29, 0.717) is 6.54 Å². The summed E-state index contributed by atoms with van der Waals surface area (Å²) in [5, 5.41) is 9.08. The van der Waals surface area contributed by atoms with Gasteiger partial charge in [0.1, 0.15) is 0 Å². The molecule has 1 atom stereocenters. The molecule has 0 saturated carbocycles. The highest BCUT2D eigenvalue weighted by Crippen LogP contribution is 2.34. The molecule has 0 bridgehead atoms. The van der Waals surface area contributed by atoms with Gasteiger partial charge < -0.3 is 10.0 Å². The molecule has 0 unspecified atom stereocenters. The van der Waals surface area contributed by atoms with Gasteiger partial charge in [-0.2, -0.15) is 0 Å². The van der Waals surface area contributed by atoms with Gasteiger partial charge in [0.2, 0.25) is 0 Å². The smallest absolute Gasteiger partial charge is 0.407 e. The molecule has 1 aliphatic rings. The van der Waals surface area contributed by atoms with Crippen molar-refractivity contribution < 1.29 is 9.90 Å². The number of fused-ring (bicyclic) bond motifs is 1. The van der Waals surface area contributed by atoms with Crippen molar-refractivity contribution in [2.45, 2.75) is 24.3 Å². The Morgan fingerprint density at radius 1 is 1.56 bits per heavy atom. The van der Waals surface area contributed by atoms with E-state index in [1.54, 1.807) is 11.8 Å². The van der Waals surface area contributed by atoms with E-state index in [0.717, 1.165) is 12.0 Å². The van der Waals surface area contributed by atoms with E-state index in [1.165, 1.54) is 15.4 Å².